The standard InChI is InChI=1S/C15H26O3/c1-3-5-7-9-15(10-8-6-4-2)12-13(16)11-14(17)18-15/h11,16H,3-10,12H2,1-2H3. The molecular formula is C15H26O3. The SMILES string of the molecule is CCCCCC1(CCCCC)CC(O)=CC(=O)O1. The Morgan fingerprint density at radius 3 is 2.17 bits per heavy atom. The third kappa shape index (κ3) is 4.71. The van der Waals surface area contributed by atoms with Gasteiger partial charge in [-0.15, -0.1) is 0 Å². The van der Waals surface area contributed by atoms with Gasteiger partial charge < -0.3 is 9.84 Å². The summed E-state index contributed by atoms with van der Waals surface area (Å²) in [6, 6.07) is 0. The van der Waals surface area contributed by atoms with Crippen molar-refractivity contribution in [2.24, 2.45) is 0 Å². The first-order chi connectivity index (χ1) is 8.62. The van der Waals surface area contributed by atoms with Crippen LogP contribution in [0.3, 0.4) is 0 Å². The molecule has 0 saturated heterocycles. The molecule has 0 amide bonds. The van der Waals surface area contributed by atoms with Crippen molar-refractivity contribution in [2.45, 2.75) is 77.2 Å². The molecular weight excluding hydrogens is 228 g/mol. The van der Waals surface area contributed by atoms with E-state index in [1.165, 1.54) is 6.08 Å². The molecule has 1 N–H and O–H groups in total. The van der Waals surface area contributed by atoms with Gasteiger partial charge in [-0.2, -0.15) is 0 Å². The lowest BCUT2D eigenvalue weighted by atomic mass is 9.85. The van der Waals surface area contributed by atoms with Crippen molar-refractivity contribution >= 4 is 5.97 Å². The molecule has 1 rings (SSSR count). The topological polar surface area (TPSA) is 46.5 Å². The summed E-state index contributed by atoms with van der Waals surface area (Å²) in [7, 11) is 0. The van der Waals surface area contributed by atoms with Crippen LogP contribution in [0.4, 0.5) is 0 Å². The second-order valence-electron chi connectivity index (χ2n) is 5.33. The monoisotopic (exact) mass is 254 g/mol. The Morgan fingerprint density at radius 2 is 1.72 bits per heavy atom. The van der Waals surface area contributed by atoms with Crippen LogP contribution in [0.2, 0.25) is 0 Å². The molecule has 1 aliphatic rings. The lowest BCUT2D eigenvalue weighted by molar-refractivity contribution is -0.159. The second kappa shape index (κ2) is 7.45. The summed E-state index contributed by atoms with van der Waals surface area (Å²) in [5, 5.41) is 9.69. The maximum absolute atomic E-state index is 11.5. The molecule has 0 aliphatic carbocycles. The number of ether oxygens (including phenoxy) is 1. The largest absolute Gasteiger partial charge is 0.512 e. The lowest BCUT2D eigenvalue weighted by Gasteiger charge is -2.35. The van der Waals surface area contributed by atoms with Crippen LogP contribution in [-0.2, 0) is 9.53 Å². The molecule has 3 heteroatoms. The first-order valence-corrected chi connectivity index (χ1v) is 7.24. The summed E-state index contributed by atoms with van der Waals surface area (Å²) in [5.74, 6) is -0.203. The molecule has 18 heavy (non-hydrogen) atoms. The van der Waals surface area contributed by atoms with Gasteiger partial charge in [0.2, 0.25) is 0 Å². The molecule has 0 aromatic rings. The molecule has 0 aromatic carbocycles. The number of hydrogen-bond donors (Lipinski definition) is 1. The Bertz CT molecular complexity index is 284. The number of carbonyl (C=O) groups excluding carboxylic acids is 1. The van der Waals surface area contributed by atoms with Crippen molar-refractivity contribution in [3.05, 3.63) is 11.8 Å². The highest BCUT2D eigenvalue weighted by atomic mass is 16.6. The molecule has 0 bridgehead atoms. The maximum Gasteiger partial charge on any atom is 0.334 e. The van der Waals surface area contributed by atoms with E-state index in [2.05, 4.69) is 13.8 Å². The predicted octanol–water partition coefficient (Wildman–Crippen LogP) is 4.27. The number of rotatable bonds is 8. The molecule has 3 nitrogen and oxygen atoms in total. The average Bonchev–Trinajstić information content (AvgIpc) is 2.28. The van der Waals surface area contributed by atoms with Crippen LogP contribution >= 0.6 is 0 Å². The van der Waals surface area contributed by atoms with Gasteiger partial charge in [0.05, 0.1) is 6.08 Å². The van der Waals surface area contributed by atoms with E-state index in [4.69, 9.17) is 4.74 Å². The molecule has 0 fully saturated rings. The van der Waals surface area contributed by atoms with Crippen molar-refractivity contribution in [3.63, 3.8) is 0 Å². The minimum Gasteiger partial charge on any atom is -0.512 e. The first kappa shape index (κ1) is 15.1. The lowest BCUT2D eigenvalue weighted by Crippen LogP contribution is -2.38. The number of hydrogen-bond acceptors (Lipinski definition) is 3. The summed E-state index contributed by atoms with van der Waals surface area (Å²) in [4.78, 5) is 11.5. The Kier molecular flexibility index (Phi) is 6.23. The fraction of sp³-hybridized carbons (Fsp3) is 0.800. The molecule has 104 valence electrons. The van der Waals surface area contributed by atoms with Crippen LogP contribution < -0.4 is 0 Å². The van der Waals surface area contributed by atoms with Gasteiger partial charge in [-0.3, -0.25) is 0 Å². The third-order valence-electron chi connectivity index (χ3n) is 3.58. The van der Waals surface area contributed by atoms with Crippen molar-refractivity contribution in [2.75, 3.05) is 0 Å². The summed E-state index contributed by atoms with van der Waals surface area (Å²) >= 11 is 0. The molecule has 0 saturated carbocycles. The van der Waals surface area contributed by atoms with Gasteiger partial charge in [0.25, 0.3) is 0 Å². The smallest absolute Gasteiger partial charge is 0.334 e. The van der Waals surface area contributed by atoms with E-state index < -0.39 is 5.60 Å². The Balaban J connectivity index is 2.61. The molecule has 0 spiro atoms. The molecule has 0 unspecified atom stereocenters. The number of aliphatic hydroxyl groups is 1. The number of carbonyl (C=O) groups is 1. The zero-order chi connectivity index (χ0) is 13.4. The van der Waals surface area contributed by atoms with E-state index in [1.807, 2.05) is 0 Å². The van der Waals surface area contributed by atoms with E-state index in [-0.39, 0.29) is 11.7 Å². The van der Waals surface area contributed by atoms with Crippen molar-refractivity contribution in [1.29, 1.82) is 0 Å². The molecule has 0 radical (unpaired) electrons. The minimum atomic E-state index is -0.444. The van der Waals surface area contributed by atoms with E-state index in [9.17, 15) is 9.90 Å². The van der Waals surface area contributed by atoms with Crippen LogP contribution in [0.1, 0.15) is 71.6 Å². The predicted molar refractivity (Wildman–Crippen MR) is 72.4 cm³/mol. The Labute approximate surface area is 110 Å². The van der Waals surface area contributed by atoms with E-state index in [0.717, 1.165) is 51.4 Å². The molecule has 1 heterocycles. The van der Waals surface area contributed by atoms with Crippen LogP contribution in [0.15, 0.2) is 11.8 Å². The number of unbranched alkanes of at least 4 members (excludes halogenated alkanes) is 4. The van der Waals surface area contributed by atoms with Gasteiger partial charge in [0.15, 0.2) is 0 Å². The number of cyclic esters (lactones) is 1. The quantitative estimate of drug-likeness (QED) is 0.519. The Morgan fingerprint density at radius 1 is 1.17 bits per heavy atom. The van der Waals surface area contributed by atoms with Crippen molar-refractivity contribution in [1.82, 2.24) is 0 Å². The molecule has 0 atom stereocenters. The summed E-state index contributed by atoms with van der Waals surface area (Å²) in [6.45, 7) is 4.32. The molecule has 1 aliphatic heterocycles. The highest BCUT2D eigenvalue weighted by Crippen LogP contribution is 2.35. The fourth-order valence-electron chi connectivity index (χ4n) is 2.59. The van der Waals surface area contributed by atoms with Crippen LogP contribution in [0, 0.1) is 0 Å². The van der Waals surface area contributed by atoms with E-state index in [1.54, 1.807) is 0 Å². The van der Waals surface area contributed by atoms with Crippen LogP contribution in [0.25, 0.3) is 0 Å². The van der Waals surface area contributed by atoms with Gasteiger partial charge in [0.1, 0.15) is 11.4 Å². The maximum atomic E-state index is 11.5. The first-order valence-electron chi connectivity index (χ1n) is 7.24. The number of aliphatic hydroxyl groups excluding tert-OH is 1. The zero-order valence-corrected chi connectivity index (χ0v) is 11.7. The van der Waals surface area contributed by atoms with Gasteiger partial charge in [-0.1, -0.05) is 39.5 Å². The summed E-state index contributed by atoms with van der Waals surface area (Å²) < 4.78 is 5.56. The van der Waals surface area contributed by atoms with Gasteiger partial charge in [-0.25, -0.2) is 4.79 Å². The van der Waals surface area contributed by atoms with Gasteiger partial charge in [0, 0.05) is 6.42 Å². The van der Waals surface area contributed by atoms with Crippen LogP contribution in [0.5, 0.6) is 0 Å². The minimum absolute atomic E-state index is 0.180. The highest BCUT2D eigenvalue weighted by molar-refractivity contribution is 5.83. The normalized spacial score (nSPS) is 18.3. The van der Waals surface area contributed by atoms with Gasteiger partial charge >= 0.3 is 5.97 Å². The van der Waals surface area contributed by atoms with Gasteiger partial charge in [-0.05, 0) is 25.7 Å². The average molecular weight is 254 g/mol. The summed E-state index contributed by atoms with van der Waals surface area (Å²) in [5.41, 5.74) is -0.444. The van der Waals surface area contributed by atoms with E-state index >= 15 is 0 Å². The van der Waals surface area contributed by atoms with E-state index in [0.29, 0.717) is 6.42 Å². The third-order valence-corrected chi connectivity index (χ3v) is 3.58. The zero-order valence-electron chi connectivity index (χ0n) is 11.7. The summed E-state index contributed by atoms with van der Waals surface area (Å²) in [6.07, 6.45) is 10.2. The van der Waals surface area contributed by atoms with Crippen molar-refractivity contribution in [3.8, 4) is 0 Å². The highest BCUT2D eigenvalue weighted by Gasteiger charge is 2.37. The Hall–Kier alpha value is -0.990. The fourth-order valence-corrected chi connectivity index (χ4v) is 2.59. The number of esters is 1. The second-order valence-corrected chi connectivity index (χ2v) is 5.33. The van der Waals surface area contributed by atoms with Crippen LogP contribution in [-0.4, -0.2) is 16.7 Å². The molecule has 0 aromatic heterocycles. The van der Waals surface area contributed by atoms with Crippen molar-refractivity contribution < 1.29 is 14.6 Å².